The summed E-state index contributed by atoms with van der Waals surface area (Å²) in [6.45, 7) is 2.09. The highest BCUT2D eigenvalue weighted by molar-refractivity contribution is 6.75. The molecular formula is C10H15Cl3O2. The number of ether oxygens (including phenoxy) is 1. The molecule has 0 aromatic heterocycles. The number of esters is 1. The molecule has 1 fully saturated rings. The van der Waals surface area contributed by atoms with Gasteiger partial charge >= 0.3 is 5.97 Å². The van der Waals surface area contributed by atoms with E-state index in [0.717, 1.165) is 25.7 Å². The number of carbonyl (C=O) groups is 1. The quantitative estimate of drug-likeness (QED) is 0.564. The maximum atomic E-state index is 11.4. The second-order valence-electron chi connectivity index (χ2n) is 3.89. The van der Waals surface area contributed by atoms with Crippen LogP contribution in [0.4, 0.5) is 0 Å². The van der Waals surface area contributed by atoms with Crippen LogP contribution in [0.5, 0.6) is 0 Å². The Hall–Kier alpha value is 0.340. The van der Waals surface area contributed by atoms with Crippen LogP contribution in [0, 0.1) is 5.92 Å². The van der Waals surface area contributed by atoms with Crippen LogP contribution in [0.25, 0.3) is 0 Å². The van der Waals surface area contributed by atoms with Crippen LogP contribution in [0.2, 0.25) is 0 Å². The maximum Gasteiger partial charge on any atom is 0.358 e. The molecule has 88 valence electrons. The van der Waals surface area contributed by atoms with E-state index in [2.05, 4.69) is 6.92 Å². The van der Waals surface area contributed by atoms with Gasteiger partial charge in [-0.05, 0) is 31.6 Å². The molecular weight excluding hydrogens is 258 g/mol. The maximum absolute atomic E-state index is 11.4. The van der Waals surface area contributed by atoms with Crippen molar-refractivity contribution in [2.75, 3.05) is 0 Å². The molecule has 0 aromatic rings. The van der Waals surface area contributed by atoms with E-state index in [-0.39, 0.29) is 6.10 Å². The monoisotopic (exact) mass is 272 g/mol. The fourth-order valence-corrected chi connectivity index (χ4v) is 2.13. The smallest absolute Gasteiger partial charge is 0.358 e. The van der Waals surface area contributed by atoms with Gasteiger partial charge < -0.3 is 4.74 Å². The van der Waals surface area contributed by atoms with E-state index in [4.69, 9.17) is 39.5 Å². The Morgan fingerprint density at radius 2 is 1.93 bits per heavy atom. The summed E-state index contributed by atoms with van der Waals surface area (Å²) in [5, 5.41) is 0. The number of rotatable bonds is 2. The highest BCUT2D eigenvalue weighted by Crippen LogP contribution is 2.33. The van der Waals surface area contributed by atoms with Gasteiger partial charge in [0.15, 0.2) is 0 Å². The van der Waals surface area contributed by atoms with Crippen LogP contribution < -0.4 is 0 Å². The van der Waals surface area contributed by atoms with E-state index in [0.29, 0.717) is 5.92 Å². The molecule has 0 amide bonds. The average molecular weight is 274 g/mol. The molecule has 0 spiro atoms. The Bertz CT molecular complexity index is 225. The van der Waals surface area contributed by atoms with Gasteiger partial charge in [0.25, 0.3) is 3.79 Å². The third kappa shape index (κ3) is 4.01. The van der Waals surface area contributed by atoms with Crippen LogP contribution in [-0.2, 0) is 9.53 Å². The van der Waals surface area contributed by atoms with Crippen LogP contribution in [0.3, 0.4) is 0 Å². The number of hydrogen-bond acceptors (Lipinski definition) is 2. The first kappa shape index (κ1) is 13.4. The molecule has 0 heterocycles. The predicted molar refractivity (Wildman–Crippen MR) is 62.4 cm³/mol. The molecule has 2 nitrogen and oxygen atoms in total. The summed E-state index contributed by atoms with van der Waals surface area (Å²) in [6.07, 6.45) is 5.16. The van der Waals surface area contributed by atoms with Gasteiger partial charge in [0.05, 0.1) is 0 Å². The summed E-state index contributed by atoms with van der Waals surface area (Å²) < 4.78 is 3.28. The molecule has 5 heteroatoms. The molecule has 1 saturated carbocycles. The molecule has 2 unspecified atom stereocenters. The molecule has 1 aliphatic carbocycles. The van der Waals surface area contributed by atoms with Crippen molar-refractivity contribution in [1.82, 2.24) is 0 Å². The van der Waals surface area contributed by atoms with Gasteiger partial charge in [-0.2, -0.15) is 0 Å². The van der Waals surface area contributed by atoms with Crippen molar-refractivity contribution in [3.05, 3.63) is 0 Å². The van der Waals surface area contributed by atoms with Gasteiger partial charge in [0.2, 0.25) is 0 Å². The molecule has 2 atom stereocenters. The highest BCUT2D eigenvalue weighted by atomic mass is 35.6. The zero-order valence-corrected chi connectivity index (χ0v) is 10.9. The first-order valence-corrected chi connectivity index (χ1v) is 6.36. The summed E-state index contributed by atoms with van der Waals surface area (Å²) in [6, 6.07) is 0. The van der Waals surface area contributed by atoms with Gasteiger partial charge in [-0.15, -0.1) is 0 Å². The lowest BCUT2D eigenvalue weighted by molar-refractivity contribution is -0.152. The molecule has 0 aromatic carbocycles. The van der Waals surface area contributed by atoms with Gasteiger partial charge in [0.1, 0.15) is 6.10 Å². The minimum Gasteiger partial charge on any atom is -0.459 e. The highest BCUT2D eigenvalue weighted by Gasteiger charge is 2.36. The zero-order valence-electron chi connectivity index (χ0n) is 8.64. The van der Waals surface area contributed by atoms with Crippen LogP contribution in [0.1, 0.15) is 39.0 Å². The SMILES string of the molecule is CCC1CCCCC1OC(=O)C(Cl)(Cl)Cl. The average Bonchev–Trinajstić information content (AvgIpc) is 2.17. The lowest BCUT2D eigenvalue weighted by Gasteiger charge is -2.31. The molecule has 0 bridgehead atoms. The summed E-state index contributed by atoms with van der Waals surface area (Å²) in [5.41, 5.74) is 0. The largest absolute Gasteiger partial charge is 0.459 e. The second-order valence-corrected chi connectivity index (χ2v) is 6.18. The van der Waals surface area contributed by atoms with Crippen LogP contribution in [0.15, 0.2) is 0 Å². The molecule has 0 radical (unpaired) electrons. The van der Waals surface area contributed by atoms with Gasteiger partial charge in [-0.1, -0.05) is 48.1 Å². The predicted octanol–water partition coefficient (Wildman–Crippen LogP) is 3.87. The number of hydrogen-bond donors (Lipinski definition) is 0. The van der Waals surface area contributed by atoms with Crippen molar-refractivity contribution in [2.24, 2.45) is 5.92 Å². The standard InChI is InChI=1S/C10H15Cl3O2/c1-2-7-5-3-4-6-8(7)15-9(14)10(11,12)13/h7-8H,2-6H2,1H3. The number of halogens is 3. The molecule has 1 rings (SSSR count). The minimum atomic E-state index is -1.95. The Kier molecular flexibility index (Phi) is 5.01. The van der Waals surface area contributed by atoms with Gasteiger partial charge in [0, 0.05) is 0 Å². The third-order valence-electron chi connectivity index (χ3n) is 2.85. The van der Waals surface area contributed by atoms with Crippen molar-refractivity contribution in [2.45, 2.75) is 48.9 Å². The summed E-state index contributed by atoms with van der Waals surface area (Å²) in [7, 11) is 0. The van der Waals surface area contributed by atoms with Crippen molar-refractivity contribution in [1.29, 1.82) is 0 Å². The third-order valence-corrected chi connectivity index (χ3v) is 3.32. The van der Waals surface area contributed by atoms with Gasteiger partial charge in [-0.25, -0.2) is 4.79 Å². The molecule has 1 aliphatic rings. The Labute approximate surface area is 105 Å². The number of carbonyl (C=O) groups excluding carboxylic acids is 1. The van der Waals surface area contributed by atoms with Crippen LogP contribution >= 0.6 is 34.8 Å². The first-order valence-electron chi connectivity index (χ1n) is 5.23. The Morgan fingerprint density at radius 3 is 2.47 bits per heavy atom. The Balaban J connectivity index is 2.52. The summed E-state index contributed by atoms with van der Waals surface area (Å²) in [5.74, 6) is -0.340. The summed E-state index contributed by atoms with van der Waals surface area (Å²) in [4.78, 5) is 11.4. The van der Waals surface area contributed by atoms with Gasteiger partial charge in [-0.3, -0.25) is 0 Å². The normalized spacial score (nSPS) is 27.5. The molecule has 0 aliphatic heterocycles. The van der Waals surface area contributed by atoms with Crippen molar-refractivity contribution < 1.29 is 9.53 Å². The fraction of sp³-hybridized carbons (Fsp3) is 0.900. The van der Waals surface area contributed by atoms with Crippen molar-refractivity contribution >= 4 is 40.8 Å². The minimum absolute atomic E-state index is 0.0770. The van der Waals surface area contributed by atoms with E-state index in [1.807, 2.05) is 0 Å². The van der Waals surface area contributed by atoms with Crippen LogP contribution in [-0.4, -0.2) is 15.9 Å². The van der Waals surface area contributed by atoms with Crippen molar-refractivity contribution in [3.63, 3.8) is 0 Å². The van der Waals surface area contributed by atoms with E-state index in [1.54, 1.807) is 0 Å². The summed E-state index contributed by atoms with van der Waals surface area (Å²) >= 11 is 16.4. The molecule has 15 heavy (non-hydrogen) atoms. The lowest BCUT2D eigenvalue weighted by Crippen LogP contribution is -2.34. The molecule has 0 saturated heterocycles. The van der Waals surface area contributed by atoms with E-state index >= 15 is 0 Å². The van der Waals surface area contributed by atoms with E-state index in [9.17, 15) is 4.79 Å². The Morgan fingerprint density at radius 1 is 1.33 bits per heavy atom. The topological polar surface area (TPSA) is 26.3 Å². The number of alkyl halides is 3. The van der Waals surface area contributed by atoms with Crippen molar-refractivity contribution in [3.8, 4) is 0 Å². The lowest BCUT2D eigenvalue weighted by atomic mass is 9.85. The molecule has 0 N–H and O–H groups in total. The second kappa shape index (κ2) is 5.60. The fourth-order valence-electron chi connectivity index (χ4n) is 2.00. The zero-order chi connectivity index (χ0) is 11.5. The van der Waals surface area contributed by atoms with E-state index in [1.165, 1.54) is 6.42 Å². The van der Waals surface area contributed by atoms with E-state index < -0.39 is 9.76 Å². The first-order chi connectivity index (χ1) is 6.95.